The van der Waals surface area contributed by atoms with E-state index in [1.54, 1.807) is 13.0 Å². The fraction of sp³-hybridized carbons (Fsp3) is 0.692. The molecule has 314 valence electrons. The van der Waals surface area contributed by atoms with Crippen LogP contribution in [0.3, 0.4) is 0 Å². The fourth-order valence-corrected chi connectivity index (χ4v) is 5.87. The zero-order chi connectivity index (χ0) is 41.3. The van der Waals surface area contributed by atoms with Gasteiger partial charge in [0.15, 0.2) is 0 Å². The number of hydrogen-bond acceptors (Lipinski definition) is 2. The van der Waals surface area contributed by atoms with Crippen LogP contribution < -0.4 is 0 Å². The van der Waals surface area contributed by atoms with E-state index in [4.69, 9.17) is 10.2 Å². The van der Waals surface area contributed by atoms with E-state index in [0.717, 1.165) is 18.4 Å². The van der Waals surface area contributed by atoms with Gasteiger partial charge < -0.3 is 10.2 Å². The average Bonchev–Trinajstić information content (AvgIpc) is 3.18. The molecule has 0 bridgehead atoms. The summed E-state index contributed by atoms with van der Waals surface area (Å²) in [6.45, 7) is 27.3. The molecule has 0 radical (unpaired) electrons. The standard InChI is InChI=1S/C11H14.C11H24.C10H18.C9H20.C7H8O.C4H10O/c1-9(2)8-11-6-4-10(3)5-7-11;1-3-5-7-9-11-10-8-6-4-2;1-3-10(4-2)8-6-5-7-9-10;1-3-5-7-9-8-6-4-2;1-6-4-2-3-5-7(6)8;1-3-4(2)5/h4-7H,1,8H2,2-3H3;3-11H2,1-2H3;5-6H,3-4,7-9H2,1-2H3;3-9H2,1-2H3;2-5,8H,1H3;4-5H,3H2,1-2H3. The Morgan fingerprint density at radius 2 is 1.06 bits per heavy atom. The highest BCUT2D eigenvalue weighted by molar-refractivity contribution is 5.29. The van der Waals surface area contributed by atoms with Crippen LogP contribution in [0.1, 0.15) is 220 Å². The van der Waals surface area contributed by atoms with Crippen LogP contribution in [-0.2, 0) is 6.42 Å². The molecule has 1 unspecified atom stereocenters. The molecule has 0 amide bonds. The SMILES string of the molecule is C=C(C)Cc1ccc(C)cc1.CCC(C)O.CCC1(CC)CC=CCC1.CCCCCCCCC.CCCCCCCCCCC.Cc1ccccc1O. The molecule has 1 aliphatic rings. The van der Waals surface area contributed by atoms with Crippen molar-refractivity contribution in [1.82, 2.24) is 0 Å². The molecule has 2 nitrogen and oxygen atoms in total. The molecule has 2 N–H and O–H groups in total. The third-order valence-electron chi connectivity index (χ3n) is 10.3. The fourth-order valence-electron chi connectivity index (χ4n) is 5.87. The number of phenolic OH excluding ortho intramolecular Hbond substituents is 1. The van der Waals surface area contributed by atoms with Gasteiger partial charge in [0.2, 0.25) is 0 Å². The zero-order valence-electron chi connectivity index (χ0n) is 38.2. The van der Waals surface area contributed by atoms with Gasteiger partial charge in [-0.1, -0.05) is 236 Å². The maximum Gasteiger partial charge on any atom is 0.118 e. The lowest BCUT2D eigenvalue weighted by Gasteiger charge is -2.32. The number of allylic oxidation sites excluding steroid dienone is 3. The van der Waals surface area contributed by atoms with Crippen molar-refractivity contribution in [2.75, 3.05) is 0 Å². The molecule has 0 saturated heterocycles. The molecule has 1 aliphatic carbocycles. The van der Waals surface area contributed by atoms with Gasteiger partial charge in [-0.25, -0.2) is 0 Å². The van der Waals surface area contributed by atoms with Gasteiger partial charge >= 0.3 is 0 Å². The molecular weight excluding hydrogens is 657 g/mol. The summed E-state index contributed by atoms with van der Waals surface area (Å²) in [6, 6.07) is 15.8. The van der Waals surface area contributed by atoms with Crippen LogP contribution in [0, 0.1) is 19.3 Å². The second-order valence-electron chi connectivity index (χ2n) is 15.8. The second kappa shape index (κ2) is 41.8. The van der Waals surface area contributed by atoms with Gasteiger partial charge in [-0.3, -0.25) is 0 Å². The van der Waals surface area contributed by atoms with Crippen molar-refractivity contribution in [3.05, 3.63) is 89.5 Å². The highest BCUT2D eigenvalue weighted by Crippen LogP contribution is 2.38. The van der Waals surface area contributed by atoms with Crippen LogP contribution in [0.25, 0.3) is 0 Å². The summed E-state index contributed by atoms with van der Waals surface area (Å²) in [5.74, 6) is 0.368. The Hall–Kier alpha value is -2.32. The number of aryl methyl sites for hydroxylation is 2. The molecule has 54 heavy (non-hydrogen) atoms. The van der Waals surface area contributed by atoms with Crippen LogP contribution in [0.2, 0.25) is 0 Å². The second-order valence-corrected chi connectivity index (χ2v) is 15.8. The Labute approximate surface area is 339 Å². The van der Waals surface area contributed by atoms with Crippen LogP contribution in [0.5, 0.6) is 5.75 Å². The molecule has 0 fully saturated rings. The maximum absolute atomic E-state index is 8.92. The maximum atomic E-state index is 8.92. The van der Waals surface area contributed by atoms with Crippen LogP contribution in [0.4, 0.5) is 0 Å². The first-order valence-corrected chi connectivity index (χ1v) is 22.7. The minimum atomic E-state index is -0.116. The largest absolute Gasteiger partial charge is 0.508 e. The van der Waals surface area contributed by atoms with Gasteiger partial charge in [0.05, 0.1) is 6.10 Å². The summed E-state index contributed by atoms with van der Waals surface area (Å²) in [5.41, 5.74) is 5.48. The van der Waals surface area contributed by atoms with Crippen molar-refractivity contribution in [1.29, 1.82) is 0 Å². The molecule has 0 spiro atoms. The predicted octanol–water partition coefficient (Wildman–Crippen LogP) is 17.4. The Morgan fingerprint density at radius 1 is 0.648 bits per heavy atom. The molecule has 2 heteroatoms. The predicted molar refractivity (Wildman–Crippen MR) is 247 cm³/mol. The Kier molecular flexibility index (Phi) is 43.4. The van der Waals surface area contributed by atoms with Crippen molar-refractivity contribution < 1.29 is 10.2 Å². The van der Waals surface area contributed by atoms with Gasteiger partial charge in [0.25, 0.3) is 0 Å². The lowest BCUT2D eigenvalue weighted by molar-refractivity contribution is 0.191. The topological polar surface area (TPSA) is 40.5 Å². The summed E-state index contributed by atoms with van der Waals surface area (Å²) < 4.78 is 0. The number of aliphatic hydroxyl groups excluding tert-OH is 1. The van der Waals surface area contributed by atoms with Crippen LogP contribution in [-0.4, -0.2) is 16.3 Å². The monoisotopic (exact) mass is 751 g/mol. The van der Waals surface area contributed by atoms with Crippen LogP contribution >= 0.6 is 0 Å². The van der Waals surface area contributed by atoms with Crippen molar-refractivity contribution in [2.45, 2.75) is 230 Å². The smallest absolute Gasteiger partial charge is 0.118 e. The number of aliphatic hydroxyl groups is 1. The summed E-state index contributed by atoms with van der Waals surface area (Å²) in [4.78, 5) is 0. The Bertz CT molecular complexity index is 1030. The van der Waals surface area contributed by atoms with Crippen molar-refractivity contribution >= 4 is 0 Å². The normalized spacial score (nSPS) is 12.7. The Balaban J connectivity index is -0.000000586. The number of rotatable bonds is 19. The highest BCUT2D eigenvalue weighted by Gasteiger charge is 2.25. The number of hydrogen-bond donors (Lipinski definition) is 2. The van der Waals surface area contributed by atoms with Crippen molar-refractivity contribution in [3.8, 4) is 5.75 Å². The molecule has 0 aromatic heterocycles. The third kappa shape index (κ3) is 39.4. The van der Waals surface area contributed by atoms with E-state index in [-0.39, 0.29) is 6.10 Å². The van der Waals surface area contributed by atoms with Gasteiger partial charge in [0.1, 0.15) is 5.75 Å². The van der Waals surface area contributed by atoms with E-state index in [0.29, 0.717) is 11.2 Å². The quantitative estimate of drug-likeness (QED) is 0.111. The summed E-state index contributed by atoms with van der Waals surface area (Å²) in [7, 11) is 0. The van der Waals surface area contributed by atoms with E-state index in [2.05, 4.69) is 98.4 Å². The van der Waals surface area contributed by atoms with Crippen molar-refractivity contribution in [2.24, 2.45) is 5.41 Å². The summed E-state index contributed by atoms with van der Waals surface area (Å²) in [5, 5.41) is 17.3. The average molecular weight is 751 g/mol. The van der Waals surface area contributed by atoms with E-state index in [9.17, 15) is 0 Å². The highest BCUT2D eigenvalue weighted by atomic mass is 16.3. The minimum absolute atomic E-state index is 0.116. The summed E-state index contributed by atoms with van der Waals surface area (Å²) in [6.07, 6.45) is 36.1. The van der Waals surface area contributed by atoms with E-state index < -0.39 is 0 Å². The van der Waals surface area contributed by atoms with E-state index in [1.165, 1.54) is 152 Å². The molecular formula is C52H94O2. The Morgan fingerprint density at radius 3 is 1.31 bits per heavy atom. The number of aromatic hydroxyl groups is 1. The number of benzene rings is 2. The molecule has 2 aromatic rings. The summed E-state index contributed by atoms with van der Waals surface area (Å²) >= 11 is 0. The molecule has 0 heterocycles. The van der Waals surface area contributed by atoms with E-state index in [1.807, 2.05) is 32.0 Å². The van der Waals surface area contributed by atoms with Gasteiger partial charge in [-0.15, -0.1) is 0 Å². The molecule has 1 atom stereocenters. The van der Waals surface area contributed by atoms with Gasteiger partial charge in [-0.05, 0) is 82.4 Å². The lowest BCUT2D eigenvalue weighted by Crippen LogP contribution is -2.19. The molecule has 3 rings (SSSR count). The first kappa shape index (κ1) is 56.0. The third-order valence-corrected chi connectivity index (χ3v) is 10.3. The number of unbranched alkanes of at least 4 members (excludes halogenated alkanes) is 14. The van der Waals surface area contributed by atoms with Gasteiger partial charge in [0, 0.05) is 0 Å². The molecule has 0 saturated carbocycles. The number of para-hydroxylation sites is 1. The first-order chi connectivity index (χ1) is 25.9. The lowest BCUT2D eigenvalue weighted by atomic mass is 9.73. The number of phenols is 1. The minimum Gasteiger partial charge on any atom is -0.508 e. The first-order valence-electron chi connectivity index (χ1n) is 22.7. The van der Waals surface area contributed by atoms with Crippen LogP contribution in [0.15, 0.2) is 72.8 Å². The zero-order valence-corrected chi connectivity index (χ0v) is 38.2. The van der Waals surface area contributed by atoms with Gasteiger partial charge in [-0.2, -0.15) is 0 Å². The molecule has 2 aromatic carbocycles. The van der Waals surface area contributed by atoms with E-state index >= 15 is 0 Å². The molecule has 0 aliphatic heterocycles. The van der Waals surface area contributed by atoms with Crippen molar-refractivity contribution in [3.63, 3.8) is 0 Å².